The van der Waals surface area contributed by atoms with Crippen LogP contribution >= 0.6 is 11.3 Å². The van der Waals surface area contributed by atoms with E-state index in [2.05, 4.69) is 10.3 Å². The van der Waals surface area contributed by atoms with Crippen molar-refractivity contribution in [1.29, 1.82) is 0 Å². The third-order valence-corrected chi connectivity index (χ3v) is 2.37. The molecule has 0 amide bonds. The zero-order valence-electron chi connectivity index (χ0n) is 7.16. The van der Waals surface area contributed by atoms with E-state index in [0.717, 1.165) is 13.1 Å². The number of aliphatic hydroxyl groups excluding tert-OH is 1. The van der Waals surface area contributed by atoms with E-state index < -0.39 is 0 Å². The van der Waals surface area contributed by atoms with Gasteiger partial charge in [0.2, 0.25) is 0 Å². The minimum Gasteiger partial charge on any atom is -0.396 e. The van der Waals surface area contributed by atoms with Crippen molar-refractivity contribution in [3.05, 3.63) is 16.6 Å². The summed E-state index contributed by atoms with van der Waals surface area (Å²) in [5.74, 6) is 0.331. The lowest BCUT2D eigenvalue weighted by atomic mass is 10.2. The first-order chi connectivity index (χ1) is 5.83. The molecule has 4 heteroatoms. The molecule has 0 saturated carbocycles. The molecule has 2 N–H and O–H groups in total. The molecule has 1 unspecified atom stereocenters. The van der Waals surface area contributed by atoms with Gasteiger partial charge in [-0.1, -0.05) is 6.92 Å². The highest BCUT2D eigenvalue weighted by atomic mass is 32.1. The predicted molar refractivity (Wildman–Crippen MR) is 50.1 cm³/mol. The summed E-state index contributed by atoms with van der Waals surface area (Å²) in [7, 11) is 0. The first-order valence-corrected chi connectivity index (χ1v) is 4.90. The molecule has 0 saturated heterocycles. The Morgan fingerprint density at radius 1 is 1.75 bits per heavy atom. The molecule has 1 rings (SSSR count). The van der Waals surface area contributed by atoms with Crippen LogP contribution in [0.1, 0.15) is 11.8 Å². The Morgan fingerprint density at radius 3 is 3.17 bits per heavy atom. The second-order valence-electron chi connectivity index (χ2n) is 2.89. The van der Waals surface area contributed by atoms with Gasteiger partial charge in [-0.25, -0.2) is 0 Å². The van der Waals surface area contributed by atoms with Gasteiger partial charge >= 0.3 is 0 Å². The SMILES string of the molecule is CC(CO)CNCc1cncs1. The van der Waals surface area contributed by atoms with Crippen molar-refractivity contribution >= 4 is 11.3 Å². The van der Waals surface area contributed by atoms with Gasteiger partial charge in [0, 0.05) is 30.8 Å². The van der Waals surface area contributed by atoms with E-state index in [1.165, 1.54) is 4.88 Å². The monoisotopic (exact) mass is 186 g/mol. The quantitative estimate of drug-likeness (QED) is 0.717. The Hall–Kier alpha value is -0.450. The molecule has 0 aliphatic heterocycles. The Morgan fingerprint density at radius 2 is 2.58 bits per heavy atom. The van der Waals surface area contributed by atoms with Crippen LogP contribution in [0.4, 0.5) is 0 Å². The minimum atomic E-state index is 0.246. The second-order valence-corrected chi connectivity index (χ2v) is 3.86. The van der Waals surface area contributed by atoms with E-state index in [0.29, 0.717) is 5.92 Å². The van der Waals surface area contributed by atoms with Gasteiger partial charge in [-0.3, -0.25) is 4.98 Å². The van der Waals surface area contributed by atoms with Crippen molar-refractivity contribution in [2.75, 3.05) is 13.2 Å². The normalized spacial score (nSPS) is 13.2. The largest absolute Gasteiger partial charge is 0.396 e. The average Bonchev–Trinajstić information content (AvgIpc) is 2.57. The summed E-state index contributed by atoms with van der Waals surface area (Å²) in [5, 5.41) is 12.0. The standard InChI is InChI=1S/C8H14N2OS/c1-7(5-11)2-9-3-8-4-10-6-12-8/h4,6-7,9,11H,2-3,5H2,1H3. The molecule has 0 fully saturated rings. The van der Waals surface area contributed by atoms with Gasteiger partial charge in [-0.05, 0) is 5.92 Å². The maximum absolute atomic E-state index is 8.74. The highest BCUT2D eigenvalue weighted by Crippen LogP contribution is 2.04. The number of thiazole rings is 1. The fourth-order valence-electron chi connectivity index (χ4n) is 0.836. The predicted octanol–water partition coefficient (Wildman–Crippen LogP) is 0.861. The van der Waals surface area contributed by atoms with Gasteiger partial charge in [-0.15, -0.1) is 11.3 Å². The number of nitrogens with zero attached hydrogens (tertiary/aromatic N) is 1. The van der Waals surface area contributed by atoms with Crippen LogP contribution < -0.4 is 5.32 Å². The molecule has 1 atom stereocenters. The Bertz CT molecular complexity index is 201. The Kier molecular flexibility index (Phi) is 4.21. The van der Waals surface area contributed by atoms with Crippen LogP contribution in [-0.2, 0) is 6.54 Å². The average molecular weight is 186 g/mol. The van der Waals surface area contributed by atoms with Gasteiger partial charge in [-0.2, -0.15) is 0 Å². The van der Waals surface area contributed by atoms with Gasteiger partial charge < -0.3 is 10.4 Å². The van der Waals surface area contributed by atoms with E-state index in [1.807, 2.05) is 18.6 Å². The van der Waals surface area contributed by atoms with E-state index in [-0.39, 0.29) is 6.61 Å². The molecular formula is C8H14N2OS. The number of aromatic nitrogens is 1. The van der Waals surface area contributed by atoms with E-state index >= 15 is 0 Å². The zero-order valence-corrected chi connectivity index (χ0v) is 7.97. The molecule has 0 radical (unpaired) electrons. The zero-order chi connectivity index (χ0) is 8.81. The molecule has 0 aromatic carbocycles. The first-order valence-electron chi connectivity index (χ1n) is 4.02. The number of hydrogen-bond donors (Lipinski definition) is 2. The third-order valence-electron chi connectivity index (χ3n) is 1.59. The third kappa shape index (κ3) is 3.30. The van der Waals surface area contributed by atoms with Gasteiger partial charge in [0.15, 0.2) is 0 Å². The molecule has 3 nitrogen and oxygen atoms in total. The van der Waals surface area contributed by atoms with E-state index in [9.17, 15) is 0 Å². The number of hydrogen-bond acceptors (Lipinski definition) is 4. The van der Waals surface area contributed by atoms with Crippen molar-refractivity contribution < 1.29 is 5.11 Å². The van der Waals surface area contributed by atoms with Crippen molar-refractivity contribution in [3.63, 3.8) is 0 Å². The molecule has 1 aromatic rings. The summed E-state index contributed by atoms with van der Waals surface area (Å²) in [6.07, 6.45) is 1.86. The van der Waals surface area contributed by atoms with Crippen LogP contribution in [0.25, 0.3) is 0 Å². The van der Waals surface area contributed by atoms with Crippen LogP contribution in [0.5, 0.6) is 0 Å². The van der Waals surface area contributed by atoms with E-state index in [1.54, 1.807) is 11.3 Å². The molecule has 0 bridgehead atoms. The lowest BCUT2D eigenvalue weighted by molar-refractivity contribution is 0.233. The van der Waals surface area contributed by atoms with Gasteiger partial charge in [0.25, 0.3) is 0 Å². The number of rotatable bonds is 5. The van der Waals surface area contributed by atoms with Crippen molar-refractivity contribution in [2.45, 2.75) is 13.5 Å². The van der Waals surface area contributed by atoms with Crippen LogP contribution in [-0.4, -0.2) is 23.2 Å². The van der Waals surface area contributed by atoms with Crippen LogP contribution in [0.2, 0.25) is 0 Å². The maximum Gasteiger partial charge on any atom is 0.0794 e. The first kappa shape index (κ1) is 9.64. The van der Waals surface area contributed by atoms with Gasteiger partial charge in [0.05, 0.1) is 5.51 Å². The summed E-state index contributed by atoms with van der Waals surface area (Å²) in [5.41, 5.74) is 1.83. The lowest BCUT2D eigenvalue weighted by Gasteiger charge is -2.07. The molecule has 1 heterocycles. The number of aliphatic hydroxyl groups is 1. The lowest BCUT2D eigenvalue weighted by Crippen LogP contribution is -2.22. The van der Waals surface area contributed by atoms with Crippen molar-refractivity contribution in [1.82, 2.24) is 10.3 Å². The minimum absolute atomic E-state index is 0.246. The fraction of sp³-hybridized carbons (Fsp3) is 0.625. The summed E-state index contributed by atoms with van der Waals surface area (Å²) in [6, 6.07) is 0. The highest BCUT2D eigenvalue weighted by molar-refractivity contribution is 7.09. The molecule has 1 aromatic heterocycles. The number of nitrogens with one attached hydrogen (secondary N) is 1. The van der Waals surface area contributed by atoms with Crippen molar-refractivity contribution in [3.8, 4) is 0 Å². The molecule has 0 aliphatic rings. The summed E-state index contributed by atoms with van der Waals surface area (Å²) in [4.78, 5) is 5.21. The smallest absolute Gasteiger partial charge is 0.0794 e. The Labute approximate surface area is 76.5 Å². The van der Waals surface area contributed by atoms with E-state index in [4.69, 9.17) is 5.11 Å². The van der Waals surface area contributed by atoms with Crippen molar-refractivity contribution in [2.24, 2.45) is 5.92 Å². The topological polar surface area (TPSA) is 45.1 Å². The molecule has 0 aliphatic carbocycles. The molecular weight excluding hydrogens is 172 g/mol. The second kappa shape index (κ2) is 5.24. The summed E-state index contributed by atoms with van der Waals surface area (Å²) >= 11 is 1.65. The summed E-state index contributed by atoms with van der Waals surface area (Å²) in [6.45, 7) is 3.97. The van der Waals surface area contributed by atoms with Crippen LogP contribution in [0.15, 0.2) is 11.7 Å². The molecule has 0 spiro atoms. The van der Waals surface area contributed by atoms with Crippen LogP contribution in [0, 0.1) is 5.92 Å². The fourth-order valence-corrected chi connectivity index (χ4v) is 1.40. The highest BCUT2D eigenvalue weighted by Gasteiger charge is 1.99. The molecule has 12 heavy (non-hydrogen) atoms. The maximum atomic E-state index is 8.74. The molecule has 68 valence electrons. The van der Waals surface area contributed by atoms with Gasteiger partial charge in [0.1, 0.15) is 0 Å². The van der Waals surface area contributed by atoms with Crippen LogP contribution in [0.3, 0.4) is 0 Å². The Balaban J connectivity index is 2.11. The summed E-state index contributed by atoms with van der Waals surface area (Å²) < 4.78 is 0.